The molecule has 4 rings (SSSR count). The molecule has 1 spiro atoms. The van der Waals surface area contributed by atoms with Gasteiger partial charge >= 0.3 is 0 Å². The minimum Gasteiger partial charge on any atom is -0.456 e. The Balaban J connectivity index is 0.00000196. The largest absolute Gasteiger partial charge is 0.456 e. The predicted molar refractivity (Wildman–Crippen MR) is 100 cm³/mol. The second-order valence-electron chi connectivity index (χ2n) is 6.60. The minimum atomic E-state index is -0.383. The molecule has 2 aromatic carbocycles. The van der Waals surface area contributed by atoms with Gasteiger partial charge in [-0.05, 0) is 49.1 Å². The number of carbonyl (C=O) groups excluding carboxylic acids is 1. The standard InChI is InChI=1S/C20H19N3O2.ClH/c21-13-15-3-1-2-4-18(15)25-16-7-5-14(6-8-16)17-9-10-20(23-17)11-12-22-19(20)24;/h1-8,17,23H,9-12H2,(H,22,24);1H/t17-,20-;/m1./s1. The number of carbonyl (C=O) groups is 1. The van der Waals surface area contributed by atoms with Crippen LogP contribution in [-0.4, -0.2) is 18.0 Å². The van der Waals surface area contributed by atoms with Crippen molar-refractivity contribution in [3.8, 4) is 17.6 Å². The van der Waals surface area contributed by atoms with Gasteiger partial charge in [0.2, 0.25) is 5.91 Å². The molecule has 2 aliphatic rings. The summed E-state index contributed by atoms with van der Waals surface area (Å²) in [5, 5.41) is 15.6. The number of hydrogen-bond acceptors (Lipinski definition) is 4. The number of hydrogen-bond donors (Lipinski definition) is 2. The van der Waals surface area contributed by atoms with Gasteiger partial charge in [-0.3, -0.25) is 10.1 Å². The summed E-state index contributed by atoms with van der Waals surface area (Å²) in [6.07, 6.45) is 2.68. The molecule has 2 atom stereocenters. The molecule has 0 unspecified atom stereocenters. The van der Waals surface area contributed by atoms with Crippen molar-refractivity contribution in [2.45, 2.75) is 30.8 Å². The van der Waals surface area contributed by atoms with Gasteiger partial charge in [-0.25, -0.2) is 0 Å². The Morgan fingerprint density at radius 1 is 1.12 bits per heavy atom. The number of nitrogens with zero attached hydrogens (tertiary/aromatic N) is 1. The zero-order valence-electron chi connectivity index (χ0n) is 14.2. The van der Waals surface area contributed by atoms with Crippen molar-refractivity contribution in [3.63, 3.8) is 0 Å². The lowest BCUT2D eigenvalue weighted by molar-refractivity contribution is -0.124. The SMILES string of the molecule is Cl.N#Cc1ccccc1Oc1ccc([C@H]2CC[C@]3(CCNC3=O)N2)cc1. The van der Waals surface area contributed by atoms with Crippen LogP contribution in [0.15, 0.2) is 48.5 Å². The molecule has 2 aromatic rings. The molecule has 0 aliphatic carbocycles. The molecular weight excluding hydrogens is 350 g/mol. The monoisotopic (exact) mass is 369 g/mol. The smallest absolute Gasteiger partial charge is 0.240 e. The average Bonchev–Trinajstić information content (AvgIpc) is 3.23. The van der Waals surface area contributed by atoms with E-state index >= 15 is 0 Å². The van der Waals surface area contributed by atoms with Gasteiger partial charge in [0.1, 0.15) is 23.1 Å². The summed E-state index contributed by atoms with van der Waals surface area (Å²) in [7, 11) is 0. The quantitative estimate of drug-likeness (QED) is 0.868. The molecule has 134 valence electrons. The van der Waals surface area contributed by atoms with Crippen molar-refractivity contribution >= 4 is 18.3 Å². The zero-order valence-corrected chi connectivity index (χ0v) is 15.0. The molecule has 2 fully saturated rings. The third-order valence-corrected chi connectivity index (χ3v) is 5.10. The summed E-state index contributed by atoms with van der Waals surface area (Å²) in [6.45, 7) is 0.754. The van der Waals surface area contributed by atoms with Gasteiger partial charge in [-0.2, -0.15) is 5.26 Å². The van der Waals surface area contributed by atoms with Crippen LogP contribution in [0.2, 0.25) is 0 Å². The number of para-hydroxylation sites is 1. The van der Waals surface area contributed by atoms with E-state index in [2.05, 4.69) is 16.7 Å². The maximum absolute atomic E-state index is 12.1. The Kier molecular flexibility index (Phi) is 5.17. The van der Waals surface area contributed by atoms with Gasteiger partial charge in [0, 0.05) is 12.6 Å². The Bertz CT molecular complexity index is 847. The number of nitriles is 1. The fourth-order valence-corrected chi connectivity index (χ4v) is 3.71. The average molecular weight is 370 g/mol. The highest BCUT2D eigenvalue weighted by atomic mass is 35.5. The van der Waals surface area contributed by atoms with Crippen molar-refractivity contribution in [2.75, 3.05) is 6.54 Å². The van der Waals surface area contributed by atoms with Crippen LogP contribution < -0.4 is 15.4 Å². The molecule has 0 radical (unpaired) electrons. The summed E-state index contributed by atoms with van der Waals surface area (Å²) in [5.74, 6) is 1.37. The first kappa shape index (κ1) is 18.2. The molecule has 0 aromatic heterocycles. The summed E-state index contributed by atoms with van der Waals surface area (Å²) in [4.78, 5) is 12.1. The maximum atomic E-state index is 12.1. The summed E-state index contributed by atoms with van der Waals surface area (Å²) < 4.78 is 5.82. The van der Waals surface area contributed by atoms with Crippen molar-refractivity contribution < 1.29 is 9.53 Å². The zero-order chi connectivity index (χ0) is 17.3. The van der Waals surface area contributed by atoms with Crippen LogP contribution in [0.1, 0.15) is 36.4 Å². The van der Waals surface area contributed by atoms with E-state index in [1.54, 1.807) is 12.1 Å². The van der Waals surface area contributed by atoms with Gasteiger partial charge in [-0.1, -0.05) is 24.3 Å². The van der Waals surface area contributed by atoms with E-state index in [9.17, 15) is 4.79 Å². The number of halogens is 1. The van der Waals surface area contributed by atoms with Crippen molar-refractivity contribution in [1.29, 1.82) is 5.26 Å². The Labute approximate surface area is 158 Å². The Morgan fingerprint density at radius 2 is 1.88 bits per heavy atom. The molecule has 6 heteroatoms. The van der Waals surface area contributed by atoms with Gasteiger partial charge < -0.3 is 10.1 Å². The van der Waals surface area contributed by atoms with Gasteiger partial charge in [0.25, 0.3) is 0 Å². The van der Waals surface area contributed by atoms with Crippen molar-refractivity contribution in [2.24, 2.45) is 0 Å². The number of ether oxygens (including phenoxy) is 1. The fourth-order valence-electron chi connectivity index (χ4n) is 3.71. The van der Waals surface area contributed by atoms with Crippen LogP contribution in [0.3, 0.4) is 0 Å². The molecule has 5 nitrogen and oxygen atoms in total. The normalized spacial score (nSPS) is 24.0. The Morgan fingerprint density at radius 3 is 2.58 bits per heavy atom. The maximum Gasteiger partial charge on any atom is 0.240 e. The topological polar surface area (TPSA) is 74.1 Å². The van der Waals surface area contributed by atoms with E-state index in [1.807, 2.05) is 36.4 Å². The van der Waals surface area contributed by atoms with E-state index in [1.165, 1.54) is 0 Å². The van der Waals surface area contributed by atoms with E-state index in [-0.39, 0.29) is 29.9 Å². The molecule has 26 heavy (non-hydrogen) atoms. The lowest BCUT2D eigenvalue weighted by atomic mass is 9.96. The molecule has 2 saturated heterocycles. The second-order valence-corrected chi connectivity index (χ2v) is 6.60. The number of benzene rings is 2. The van der Waals surface area contributed by atoms with Crippen LogP contribution >= 0.6 is 12.4 Å². The summed E-state index contributed by atoms with van der Waals surface area (Å²) in [5.41, 5.74) is 1.28. The first-order chi connectivity index (χ1) is 12.2. The minimum absolute atomic E-state index is 0. The number of rotatable bonds is 3. The van der Waals surface area contributed by atoms with Crippen molar-refractivity contribution in [3.05, 3.63) is 59.7 Å². The second kappa shape index (κ2) is 7.36. The van der Waals surface area contributed by atoms with Crippen LogP contribution in [0, 0.1) is 11.3 Å². The van der Waals surface area contributed by atoms with E-state index in [0.29, 0.717) is 17.1 Å². The highest BCUT2D eigenvalue weighted by molar-refractivity contribution is 5.88. The fraction of sp³-hybridized carbons (Fsp3) is 0.300. The first-order valence-electron chi connectivity index (χ1n) is 8.53. The highest BCUT2D eigenvalue weighted by Crippen LogP contribution is 2.37. The predicted octanol–water partition coefficient (Wildman–Crippen LogP) is 3.46. The third kappa shape index (κ3) is 3.26. The van der Waals surface area contributed by atoms with Crippen LogP contribution in [-0.2, 0) is 4.79 Å². The Hall–Kier alpha value is -2.55. The summed E-state index contributed by atoms with van der Waals surface area (Å²) in [6, 6.07) is 17.4. The number of amides is 1. The molecule has 2 N–H and O–H groups in total. The van der Waals surface area contributed by atoms with Crippen LogP contribution in [0.5, 0.6) is 11.5 Å². The van der Waals surface area contributed by atoms with E-state index < -0.39 is 0 Å². The van der Waals surface area contributed by atoms with Gasteiger partial charge in [-0.15, -0.1) is 12.4 Å². The lowest BCUT2D eigenvalue weighted by Crippen LogP contribution is -2.47. The third-order valence-electron chi connectivity index (χ3n) is 5.10. The molecular formula is C20H20ClN3O2. The molecule has 2 heterocycles. The highest BCUT2D eigenvalue weighted by Gasteiger charge is 2.47. The van der Waals surface area contributed by atoms with E-state index in [0.717, 1.165) is 31.4 Å². The van der Waals surface area contributed by atoms with Crippen LogP contribution in [0.25, 0.3) is 0 Å². The lowest BCUT2D eigenvalue weighted by Gasteiger charge is -2.22. The molecule has 0 saturated carbocycles. The molecule has 0 bridgehead atoms. The van der Waals surface area contributed by atoms with Crippen LogP contribution in [0.4, 0.5) is 0 Å². The van der Waals surface area contributed by atoms with E-state index in [4.69, 9.17) is 10.00 Å². The van der Waals surface area contributed by atoms with Crippen molar-refractivity contribution in [1.82, 2.24) is 10.6 Å². The van der Waals surface area contributed by atoms with Gasteiger partial charge in [0.15, 0.2) is 0 Å². The molecule has 2 aliphatic heterocycles. The molecule has 1 amide bonds. The summed E-state index contributed by atoms with van der Waals surface area (Å²) >= 11 is 0. The van der Waals surface area contributed by atoms with Gasteiger partial charge in [0.05, 0.1) is 5.56 Å². The first-order valence-corrected chi connectivity index (χ1v) is 8.53. The number of nitrogens with one attached hydrogen (secondary N) is 2.